The van der Waals surface area contributed by atoms with E-state index in [9.17, 15) is 0 Å². The number of hydrogen-bond acceptors (Lipinski definition) is 2. The Morgan fingerprint density at radius 2 is 1.72 bits per heavy atom. The zero-order valence-electron chi connectivity index (χ0n) is 15.5. The highest BCUT2D eigenvalue weighted by Crippen LogP contribution is 2.34. The summed E-state index contributed by atoms with van der Waals surface area (Å²) < 4.78 is 0. The van der Waals surface area contributed by atoms with Crippen LogP contribution in [0.5, 0.6) is 0 Å². The molecule has 1 saturated heterocycles. The summed E-state index contributed by atoms with van der Waals surface area (Å²) in [4.78, 5) is 2.52. The molecule has 0 radical (unpaired) electrons. The van der Waals surface area contributed by atoms with Gasteiger partial charge < -0.3 is 0 Å². The van der Waals surface area contributed by atoms with E-state index in [4.69, 9.17) is 5.26 Å². The van der Waals surface area contributed by atoms with Crippen molar-refractivity contribution in [3.63, 3.8) is 0 Å². The zero-order chi connectivity index (χ0) is 17.7. The fourth-order valence-corrected chi connectivity index (χ4v) is 3.65. The third kappa shape index (κ3) is 4.50. The molecular formula is C23H28N2. The van der Waals surface area contributed by atoms with Crippen LogP contribution in [0.15, 0.2) is 48.5 Å². The maximum absolute atomic E-state index is 8.97. The molecule has 1 aliphatic heterocycles. The van der Waals surface area contributed by atoms with Crippen LogP contribution in [0, 0.1) is 16.7 Å². The van der Waals surface area contributed by atoms with Gasteiger partial charge in [0.05, 0.1) is 6.07 Å². The molecule has 0 atom stereocenters. The van der Waals surface area contributed by atoms with Gasteiger partial charge in [-0.3, -0.25) is 4.90 Å². The minimum Gasteiger partial charge on any atom is -0.299 e. The smallest absolute Gasteiger partial charge is 0.0627 e. The van der Waals surface area contributed by atoms with Crippen molar-refractivity contribution < 1.29 is 0 Å². The summed E-state index contributed by atoms with van der Waals surface area (Å²) >= 11 is 0. The molecule has 0 saturated carbocycles. The average molecular weight is 332 g/mol. The fraction of sp³-hybridized carbons (Fsp3) is 0.435. The van der Waals surface area contributed by atoms with E-state index >= 15 is 0 Å². The summed E-state index contributed by atoms with van der Waals surface area (Å²) in [6.45, 7) is 7.66. The lowest BCUT2D eigenvalue weighted by atomic mass is 9.78. The quantitative estimate of drug-likeness (QED) is 0.730. The van der Waals surface area contributed by atoms with E-state index < -0.39 is 0 Å². The molecule has 25 heavy (non-hydrogen) atoms. The van der Waals surface area contributed by atoms with Gasteiger partial charge in [0.1, 0.15) is 0 Å². The van der Waals surface area contributed by atoms with Gasteiger partial charge in [-0.05, 0) is 60.0 Å². The molecule has 0 spiro atoms. The highest BCUT2D eigenvalue weighted by Gasteiger charge is 2.29. The van der Waals surface area contributed by atoms with E-state index in [-0.39, 0.29) is 5.41 Å². The summed E-state index contributed by atoms with van der Waals surface area (Å²) in [5, 5.41) is 8.97. The molecule has 0 unspecified atom stereocenters. The largest absolute Gasteiger partial charge is 0.299 e. The van der Waals surface area contributed by atoms with Gasteiger partial charge in [0.25, 0.3) is 0 Å². The summed E-state index contributed by atoms with van der Waals surface area (Å²) in [7, 11) is 0. The van der Waals surface area contributed by atoms with Crippen LogP contribution in [0.1, 0.15) is 44.2 Å². The first-order chi connectivity index (χ1) is 12.1. The van der Waals surface area contributed by atoms with Crippen molar-refractivity contribution in [2.24, 2.45) is 5.41 Å². The Balaban J connectivity index is 1.61. The molecule has 130 valence electrons. The highest BCUT2D eigenvalue weighted by atomic mass is 15.1. The monoisotopic (exact) mass is 332 g/mol. The normalized spacial score (nSPS) is 17.2. The standard InChI is InChI=1S/C23H28N2/c1-3-19-5-4-6-22(17-19)21-9-7-20(8-10-21)18-25-15-12-23(2,11-14-24)13-16-25/h4-10,17H,3,11-13,15-16,18H2,1-2H3. The van der Waals surface area contributed by atoms with E-state index in [1.54, 1.807) is 0 Å². The zero-order valence-corrected chi connectivity index (χ0v) is 15.5. The number of aryl methyl sites for hydroxylation is 1. The maximum Gasteiger partial charge on any atom is 0.0627 e. The number of benzene rings is 2. The molecule has 3 rings (SSSR count). The van der Waals surface area contributed by atoms with Gasteiger partial charge in [0.15, 0.2) is 0 Å². The Morgan fingerprint density at radius 3 is 2.36 bits per heavy atom. The SMILES string of the molecule is CCc1cccc(-c2ccc(CN3CCC(C)(CC#N)CC3)cc2)c1. The lowest BCUT2D eigenvalue weighted by molar-refractivity contribution is 0.116. The van der Waals surface area contributed by atoms with Crippen LogP contribution in [0.3, 0.4) is 0 Å². The van der Waals surface area contributed by atoms with Crippen LogP contribution in [-0.4, -0.2) is 18.0 Å². The summed E-state index contributed by atoms with van der Waals surface area (Å²) in [5.41, 5.74) is 5.57. The molecule has 0 aromatic heterocycles. The molecule has 0 N–H and O–H groups in total. The number of likely N-dealkylation sites (tertiary alicyclic amines) is 1. The topological polar surface area (TPSA) is 27.0 Å². The molecule has 2 heteroatoms. The number of nitrogens with zero attached hydrogens (tertiary/aromatic N) is 2. The lowest BCUT2D eigenvalue weighted by Gasteiger charge is -2.38. The molecular weight excluding hydrogens is 304 g/mol. The average Bonchev–Trinajstić information content (AvgIpc) is 2.65. The van der Waals surface area contributed by atoms with Crippen LogP contribution < -0.4 is 0 Å². The first-order valence-corrected chi connectivity index (χ1v) is 9.39. The predicted molar refractivity (Wildman–Crippen MR) is 104 cm³/mol. The van der Waals surface area contributed by atoms with E-state index in [2.05, 4.69) is 73.3 Å². The van der Waals surface area contributed by atoms with Gasteiger partial charge in [0, 0.05) is 13.0 Å². The second-order valence-electron chi connectivity index (χ2n) is 7.67. The Labute approximate surface area is 152 Å². The summed E-state index contributed by atoms with van der Waals surface area (Å²) in [5.74, 6) is 0. The van der Waals surface area contributed by atoms with Crippen LogP contribution in [-0.2, 0) is 13.0 Å². The number of piperidine rings is 1. The van der Waals surface area contributed by atoms with Crippen molar-refractivity contribution in [3.05, 3.63) is 59.7 Å². The third-order valence-electron chi connectivity index (χ3n) is 5.60. The summed E-state index contributed by atoms with van der Waals surface area (Å²) in [6, 6.07) is 20.2. The molecule has 0 aliphatic carbocycles. The van der Waals surface area contributed by atoms with Crippen molar-refractivity contribution in [3.8, 4) is 17.2 Å². The number of hydrogen-bond donors (Lipinski definition) is 0. The van der Waals surface area contributed by atoms with Gasteiger partial charge in [0.2, 0.25) is 0 Å². The lowest BCUT2D eigenvalue weighted by Crippen LogP contribution is -2.38. The van der Waals surface area contributed by atoms with Crippen molar-refractivity contribution >= 4 is 0 Å². The molecule has 0 bridgehead atoms. The molecule has 1 fully saturated rings. The van der Waals surface area contributed by atoms with Crippen molar-refractivity contribution in [1.29, 1.82) is 5.26 Å². The molecule has 2 aromatic rings. The maximum atomic E-state index is 8.97. The van der Waals surface area contributed by atoms with E-state index in [0.29, 0.717) is 6.42 Å². The molecule has 1 aliphatic rings. The summed E-state index contributed by atoms with van der Waals surface area (Å²) in [6.07, 6.45) is 4.02. The van der Waals surface area contributed by atoms with Gasteiger partial charge >= 0.3 is 0 Å². The molecule has 0 amide bonds. The Kier molecular flexibility index (Phi) is 5.56. The second kappa shape index (κ2) is 7.85. The third-order valence-corrected chi connectivity index (χ3v) is 5.60. The Hall–Kier alpha value is -2.11. The van der Waals surface area contributed by atoms with Crippen LogP contribution in [0.25, 0.3) is 11.1 Å². The fourth-order valence-electron chi connectivity index (χ4n) is 3.65. The van der Waals surface area contributed by atoms with Gasteiger partial charge in [-0.15, -0.1) is 0 Å². The van der Waals surface area contributed by atoms with E-state index in [1.165, 1.54) is 22.3 Å². The minimum absolute atomic E-state index is 0.222. The first-order valence-electron chi connectivity index (χ1n) is 9.39. The highest BCUT2D eigenvalue weighted by molar-refractivity contribution is 5.64. The van der Waals surface area contributed by atoms with Crippen LogP contribution in [0.2, 0.25) is 0 Å². The van der Waals surface area contributed by atoms with Crippen molar-refractivity contribution in [2.45, 2.75) is 46.1 Å². The predicted octanol–water partition coefficient (Wildman–Crippen LogP) is 5.43. The van der Waals surface area contributed by atoms with Crippen molar-refractivity contribution in [1.82, 2.24) is 4.90 Å². The minimum atomic E-state index is 0.222. The van der Waals surface area contributed by atoms with E-state index in [0.717, 1.165) is 38.9 Å². The second-order valence-corrected chi connectivity index (χ2v) is 7.67. The Morgan fingerprint density at radius 1 is 1.00 bits per heavy atom. The van der Waals surface area contributed by atoms with E-state index in [1.807, 2.05) is 0 Å². The van der Waals surface area contributed by atoms with Crippen molar-refractivity contribution in [2.75, 3.05) is 13.1 Å². The number of rotatable bonds is 5. The number of nitriles is 1. The van der Waals surface area contributed by atoms with Gasteiger partial charge in [-0.2, -0.15) is 5.26 Å². The van der Waals surface area contributed by atoms with Crippen LogP contribution in [0.4, 0.5) is 0 Å². The van der Waals surface area contributed by atoms with Gasteiger partial charge in [-0.25, -0.2) is 0 Å². The Bertz CT molecular complexity index is 731. The first kappa shape index (κ1) is 17.7. The molecule has 1 heterocycles. The molecule has 2 nitrogen and oxygen atoms in total. The van der Waals surface area contributed by atoms with Gasteiger partial charge in [-0.1, -0.05) is 62.4 Å². The molecule has 2 aromatic carbocycles. The van der Waals surface area contributed by atoms with Crippen LogP contribution >= 0.6 is 0 Å².